The number of hydrogen-bond acceptors (Lipinski definition) is 4. The average molecular weight is 551 g/mol. The number of guanidine groups is 1. The van der Waals surface area contributed by atoms with Gasteiger partial charge in [-0.05, 0) is 63.2 Å². The fourth-order valence-corrected chi connectivity index (χ4v) is 4.27. The number of nitrogens with zero attached hydrogens (tertiary/aromatic N) is 2. The number of likely N-dealkylation sites (tertiary alicyclic amines) is 1. The number of halogens is 1. The minimum absolute atomic E-state index is 0. The average Bonchev–Trinajstić information content (AvgIpc) is 2.66. The molecule has 6 nitrogen and oxygen atoms in total. The van der Waals surface area contributed by atoms with Crippen LogP contribution in [0.5, 0.6) is 0 Å². The van der Waals surface area contributed by atoms with Gasteiger partial charge in [-0.25, -0.2) is 13.4 Å². The van der Waals surface area contributed by atoms with E-state index in [2.05, 4.69) is 46.7 Å². The number of rotatable bonds is 9. The zero-order chi connectivity index (χ0) is 21.3. The molecule has 0 aromatic heterocycles. The summed E-state index contributed by atoms with van der Waals surface area (Å²) in [6.07, 6.45) is 4.42. The summed E-state index contributed by atoms with van der Waals surface area (Å²) in [6, 6.07) is 8.71. The van der Waals surface area contributed by atoms with Crippen molar-refractivity contribution in [2.24, 2.45) is 10.9 Å². The van der Waals surface area contributed by atoms with E-state index in [4.69, 9.17) is 4.99 Å². The number of hydrogen-bond donors (Lipinski definition) is 2. The van der Waals surface area contributed by atoms with Crippen LogP contribution in [0.2, 0.25) is 0 Å². The maximum Gasteiger partial charge on any atom is 0.191 e. The van der Waals surface area contributed by atoms with E-state index in [1.54, 1.807) is 0 Å². The molecule has 0 spiro atoms. The summed E-state index contributed by atoms with van der Waals surface area (Å²) in [5.41, 5.74) is 2.53. The second-order valence-corrected chi connectivity index (χ2v) is 10.7. The molecule has 1 aliphatic heterocycles. The van der Waals surface area contributed by atoms with Crippen LogP contribution in [0.4, 0.5) is 0 Å². The standard InChI is InChI=1S/C22H38N4O2S.HI/c1-5-23-22(25-19(3)11-14-29(4,27)28)24-16-20-7-6-8-21(15-20)17-26-12-9-18(2)10-13-26;/h6-8,15,18-19H,5,9-14,16-17H2,1-4H3,(H2,23,24,25);1H. The molecule has 1 saturated heterocycles. The summed E-state index contributed by atoms with van der Waals surface area (Å²) in [7, 11) is -2.95. The van der Waals surface area contributed by atoms with Gasteiger partial charge in [-0.3, -0.25) is 4.90 Å². The topological polar surface area (TPSA) is 73.8 Å². The highest BCUT2D eigenvalue weighted by molar-refractivity contribution is 14.0. The van der Waals surface area contributed by atoms with Gasteiger partial charge in [-0.15, -0.1) is 24.0 Å². The van der Waals surface area contributed by atoms with E-state index in [0.29, 0.717) is 13.0 Å². The Labute approximate surface area is 200 Å². The minimum Gasteiger partial charge on any atom is -0.357 e. The van der Waals surface area contributed by atoms with Gasteiger partial charge in [0, 0.05) is 25.4 Å². The molecule has 2 rings (SSSR count). The largest absolute Gasteiger partial charge is 0.357 e. The van der Waals surface area contributed by atoms with Crippen molar-refractivity contribution in [2.45, 2.75) is 59.2 Å². The van der Waals surface area contributed by atoms with Crippen LogP contribution in [-0.2, 0) is 22.9 Å². The molecule has 1 unspecified atom stereocenters. The molecule has 1 aromatic rings. The lowest BCUT2D eigenvalue weighted by molar-refractivity contribution is 0.185. The van der Waals surface area contributed by atoms with Gasteiger partial charge in [0.2, 0.25) is 0 Å². The molecule has 1 atom stereocenters. The van der Waals surface area contributed by atoms with Crippen LogP contribution >= 0.6 is 24.0 Å². The maximum atomic E-state index is 11.4. The van der Waals surface area contributed by atoms with Gasteiger partial charge < -0.3 is 10.6 Å². The summed E-state index contributed by atoms with van der Waals surface area (Å²) >= 11 is 0. The Morgan fingerprint density at radius 3 is 2.57 bits per heavy atom. The van der Waals surface area contributed by atoms with E-state index in [0.717, 1.165) is 25.0 Å². The molecule has 0 amide bonds. The lowest BCUT2D eigenvalue weighted by Crippen LogP contribution is -2.42. The summed E-state index contributed by atoms with van der Waals surface area (Å²) in [4.78, 5) is 7.24. The highest BCUT2D eigenvalue weighted by atomic mass is 127. The van der Waals surface area contributed by atoms with Crippen molar-refractivity contribution in [3.05, 3.63) is 35.4 Å². The molecular weight excluding hydrogens is 511 g/mol. The zero-order valence-corrected chi connectivity index (χ0v) is 22.0. The third-order valence-corrected chi connectivity index (χ3v) is 6.32. The monoisotopic (exact) mass is 550 g/mol. The highest BCUT2D eigenvalue weighted by Crippen LogP contribution is 2.18. The second kappa shape index (κ2) is 13.5. The first-order chi connectivity index (χ1) is 13.7. The van der Waals surface area contributed by atoms with Crippen LogP contribution in [-0.4, -0.2) is 57.0 Å². The predicted molar refractivity (Wildman–Crippen MR) is 137 cm³/mol. The van der Waals surface area contributed by atoms with Crippen molar-refractivity contribution >= 4 is 39.8 Å². The van der Waals surface area contributed by atoms with E-state index < -0.39 is 9.84 Å². The molecule has 0 aliphatic carbocycles. The lowest BCUT2D eigenvalue weighted by atomic mass is 9.98. The molecule has 0 saturated carbocycles. The summed E-state index contributed by atoms with van der Waals surface area (Å²) < 4.78 is 22.7. The van der Waals surface area contributed by atoms with Crippen molar-refractivity contribution in [1.82, 2.24) is 15.5 Å². The quantitative estimate of drug-likeness (QED) is 0.280. The normalized spacial score (nSPS) is 17.3. The van der Waals surface area contributed by atoms with E-state index in [1.807, 2.05) is 13.8 Å². The Hall–Kier alpha value is -0.870. The molecular formula is C22H39IN4O2S. The molecule has 172 valence electrons. The molecule has 1 fully saturated rings. The summed E-state index contributed by atoms with van der Waals surface area (Å²) in [5.74, 6) is 1.76. The molecule has 30 heavy (non-hydrogen) atoms. The Bertz CT molecular complexity index is 762. The Balaban J connectivity index is 0.00000450. The van der Waals surface area contributed by atoms with Crippen molar-refractivity contribution < 1.29 is 8.42 Å². The van der Waals surface area contributed by atoms with Gasteiger partial charge in [0.1, 0.15) is 9.84 Å². The molecule has 8 heteroatoms. The minimum atomic E-state index is -2.95. The molecule has 1 heterocycles. The molecule has 2 N–H and O–H groups in total. The predicted octanol–water partition coefficient (Wildman–Crippen LogP) is 3.41. The summed E-state index contributed by atoms with van der Waals surface area (Å²) in [6.45, 7) is 11.1. The van der Waals surface area contributed by atoms with Crippen molar-refractivity contribution in [2.75, 3.05) is 31.6 Å². The van der Waals surface area contributed by atoms with Gasteiger partial charge in [0.15, 0.2) is 5.96 Å². The Kier molecular flexibility index (Phi) is 12.2. The van der Waals surface area contributed by atoms with Crippen LogP contribution in [0.15, 0.2) is 29.3 Å². The Morgan fingerprint density at radius 1 is 1.27 bits per heavy atom. The van der Waals surface area contributed by atoms with Crippen LogP contribution in [0.1, 0.15) is 51.2 Å². The molecule has 1 aliphatic rings. The van der Waals surface area contributed by atoms with Gasteiger partial charge in [-0.2, -0.15) is 0 Å². The first kappa shape index (κ1) is 27.2. The Morgan fingerprint density at radius 2 is 1.93 bits per heavy atom. The number of piperidine rings is 1. The van der Waals surface area contributed by atoms with Gasteiger partial charge in [0.25, 0.3) is 0 Å². The van der Waals surface area contributed by atoms with Crippen LogP contribution in [0.3, 0.4) is 0 Å². The van der Waals surface area contributed by atoms with Crippen LogP contribution in [0, 0.1) is 5.92 Å². The van der Waals surface area contributed by atoms with E-state index in [-0.39, 0.29) is 35.8 Å². The number of benzene rings is 1. The molecule has 0 radical (unpaired) electrons. The van der Waals surface area contributed by atoms with Crippen molar-refractivity contribution in [3.63, 3.8) is 0 Å². The van der Waals surface area contributed by atoms with E-state index in [9.17, 15) is 8.42 Å². The maximum absolute atomic E-state index is 11.4. The first-order valence-corrected chi connectivity index (χ1v) is 12.8. The van der Waals surface area contributed by atoms with E-state index >= 15 is 0 Å². The third kappa shape index (κ3) is 10.9. The second-order valence-electron chi connectivity index (χ2n) is 8.44. The number of nitrogens with one attached hydrogen (secondary N) is 2. The van der Waals surface area contributed by atoms with E-state index in [1.165, 1.54) is 43.3 Å². The van der Waals surface area contributed by atoms with Crippen molar-refractivity contribution in [1.29, 1.82) is 0 Å². The molecule has 0 bridgehead atoms. The summed E-state index contributed by atoms with van der Waals surface area (Å²) in [5, 5.41) is 6.56. The lowest BCUT2D eigenvalue weighted by Gasteiger charge is -2.30. The van der Waals surface area contributed by atoms with Gasteiger partial charge in [0.05, 0.1) is 12.3 Å². The van der Waals surface area contributed by atoms with Crippen molar-refractivity contribution in [3.8, 4) is 0 Å². The fourth-order valence-electron chi connectivity index (χ4n) is 3.49. The van der Waals surface area contributed by atoms with Crippen LogP contribution in [0.25, 0.3) is 0 Å². The number of aliphatic imine (C=N–C) groups is 1. The van der Waals surface area contributed by atoms with Gasteiger partial charge in [-0.1, -0.05) is 31.2 Å². The van der Waals surface area contributed by atoms with Gasteiger partial charge >= 0.3 is 0 Å². The number of sulfone groups is 1. The fraction of sp³-hybridized carbons (Fsp3) is 0.682. The first-order valence-electron chi connectivity index (χ1n) is 10.8. The van der Waals surface area contributed by atoms with Crippen LogP contribution < -0.4 is 10.6 Å². The zero-order valence-electron chi connectivity index (χ0n) is 18.9. The third-order valence-electron chi connectivity index (χ3n) is 5.34. The highest BCUT2D eigenvalue weighted by Gasteiger charge is 2.15. The smallest absolute Gasteiger partial charge is 0.191 e. The SMILES string of the molecule is CCNC(=NCc1cccc(CN2CCC(C)CC2)c1)NC(C)CCS(C)(=O)=O.I. The molecule has 1 aromatic carbocycles.